The van der Waals surface area contributed by atoms with Gasteiger partial charge in [0, 0.05) is 12.0 Å². The second-order valence-electron chi connectivity index (χ2n) is 3.67. The maximum atomic E-state index is 5.40. The second-order valence-corrected chi connectivity index (χ2v) is 3.67. The van der Waals surface area contributed by atoms with Gasteiger partial charge in [0.05, 0.1) is 13.2 Å². The monoisotopic (exact) mass is 201 g/mol. The van der Waals surface area contributed by atoms with Crippen molar-refractivity contribution in [3.05, 3.63) is 34.9 Å². The maximum Gasteiger partial charge on any atom is 0.0725 e. The van der Waals surface area contributed by atoms with Crippen molar-refractivity contribution in [3.63, 3.8) is 0 Å². The Morgan fingerprint density at radius 1 is 1.27 bits per heavy atom. The highest BCUT2D eigenvalue weighted by atomic mass is 16.5. The molecule has 78 valence electrons. The van der Waals surface area contributed by atoms with E-state index in [0.29, 0.717) is 6.54 Å². The summed E-state index contributed by atoms with van der Waals surface area (Å²) >= 11 is 0. The Morgan fingerprint density at radius 2 is 2.13 bits per heavy atom. The van der Waals surface area contributed by atoms with Gasteiger partial charge in [0.1, 0.15) is 0 Å². The lowest BCUT2D eigenvalue weighted by molar-refractivity contribution is 0.134. The zero-order valence-corrected chi connectivity index (χ0v) is 8.75. The molecule has 0 unspecified atom stereocenters. The molecule has 1 aliphatic rings. The summed E-state index contributed by atoms with van der Waals surface area (Å²) in [6.45, 7) is 2.19. The van der Waals surface area contributed by atoms with Crippen molar-refractivity contribution in [1.82, 2.24) is 0 Å². The first-order chi connectivity index (χ1) is 7.40. The summed E-state index contributed by atoms with van der Waals surface area (Å²) in [6, 6.07) is 6.29. The number of benzene rings is 1. The summed E-state index contributed by atoms with van der Waals surface area (Å²) in [5.41, 5.74) is 9.05. The third-order valence-electron chi connectivity index (χ3n) is 2.46. The number of unbranched alkanes of at least 4 members (excludes halogenated alkanes) is 1. The lowest BCUT2D eigenvalue weighted by atomic mass is 10.1. The van der Waals surface area contributed by atoms with Crippen LogP contribution < -0.4 is 5.73 Å². The standard InChI is InChI=1S/C13H15NO/c14-7-3-1-2-4-11-5-6-12-9-15-10-13(12)8-11/h5-6,8H,1,3,7,9-10,14H2. The Kier molecular flexibility index (Phi) is 3.39. The molecular weight excluding hydrogens is 186 g/mol. The van der Waals surface area contributed by atoms with Gasteiger partial charge in [-0.25, -0.2) is 0 Å². The molecule has 0 atom stereocenters. The van der Waals surface area contributed by atoms with Crippen LogP contribution in [0.15, 0.2) is 18.2 Å². The van der Waals surface area contributed by atoms with Gasteiger partial charge in [-0.3, -0.25) is 0 Å². The molecule has 0 bridgehead atoms. The lowest BCUT2D eigenvalue weighted by Gasteiger charge is -1.96. The van der Waals surface area contributed by atoms with Gasteiger partial charge in [-0.1, -0.05) is 17.9 Å². The third kappa shape index (κ3) is 2.59. The minimum Gasteiger partial charge on any atom is -0.372 e. The van der Waals surface area contributed by atoms with E-state index in [-0.39, 0.29) is 0 Å². The molecule has 0 spiro atoms. The van der Waals surface area contributed by atoms with Crippen LogP contribution in [0.2, 0.25) is 0 Å². The highest BCUT2D eigenvalue weighted by Crippen LogP contribution is 2.20. The van der Waals surface area contributed by atoms with Gasteiger partial charge in [0.2, 0.25) is 0 Å². The van der Waals surface area contributed by atoms with Crippen molar-refractivity contribution >= 4 is 0 Å². The number of nitrogens with two attached hydrogens (primary N) is 1. The zero-order valence-electron chi connectivity index (χ0n) is 8.75. The Bertz CT molecular complexity index is 401. The molecular formula is C13H15NO. The van der Waals surface area contributed by atoms with Gasteiger partial charge < -0.3 is 10.5 Å². The van der Waals surface area contributed by atoms with Crippen LogP contribution in [0.3, 0.4) is 0 Å². The number of ether oxygens (including phenoxy) is 1. The van der Waals surface area contributed by atoms with Crippen molar-refractivity contribution in [2.75, 3.05) is 6.54 Å². The number of rotatable bonds is 2. The second kappa shape index (κ2) is 4.97. The zero-order chi connectivity index (χ0) is 10.5. The summed E-state index contributed by atoms with van der Waals surface area (Å²) in [7, 11) is 0. The Morgan fingerprint density at radius 3 is 3.00 bits per heavy atom. The van der Waals surface area contributed by atoms with Gasteiger partial charge >= 0.3 is 0 Å². The Hall–Kier alpha value is -1.30. The smallest absolute Gasteiger partial charge is 0.0725 e. The van der Waals surface area contributed by atoms with Crippen LogP contribution in [0.4, 0.5) is 0 Å². The topological polar surface area (TPSA) is 35.2 Å². The van der Waals surface area contributed by atoms with Crippen LogP contribution in [0.25, 0.3) is 0 Å². The van der Waals surface area contributed by atoms with Gasteiger partial charge in [-0.05, 0) is 36.2 Å². The van der Waals surface area contributed by atoms with Gasteiger partial charge in [-0.2, -0.15) is 0 Å². The first-order valence-corrected chi connectivity index (χ1v) is 5.28. The number of hydrogen-bond acceptors (Lipinski definition) is 2. The fraction of sp³-hybridized carbons (Fsp3) is 0.385. The van der Waals surface area contributed by atoms with Crippen molar-refractivity contribution in [3.8, 4) is 11.8 Å². The van der Waals surface area contributed by atoms with E-state index in [4.69, 9.17) is 10.5 Å². The summed E-state index contributed by atoms with van der Waals surface area (Å²) in [4.78, 5) is 0. The molecule has 0 amide bonds. The molecule has 1 aromatic rings. The van der Waals surface area contributed by atoms with Crippen LogP contribution in [-0.2, 0) is 18.0 Å². The fourth-order valence-corrected chi connectivity index (χ4v) is 1.60. The lowest BCUT2D eigenvalue weighted by Crippen LogP contribution is -1.96. The SMILES string of the molecule is NCCCC#Cc1ccc2c(c1)COC2. The molecule has 1 aliphatic heterocycles. The van der Waals surface area contributed by atoms with Crippen molar-refractivity contribution in [1.29, 1.82) is 0 Å². The predicted molar refractivity (Wildman–Crippen MR) is 60.1 cm³/mol. The van der Waals surface area contributed by atoms with E-state index in [0.717, 1.165) is 31.6 Å². The first kappa shape index (κ1) is 10.2. The van der Waals surface area contributed by atoms with Crippen LogP contribution in [0.1, 0.15) is 29.5 Å². The molecule has 15 heavy (non-hydrogen) atoms. The quantitative estimate of drug-likeness (QED) is 0.585. The Labute approximate surface area is 90.4 Å². The molecule has 2 nitrogen and oxygen atoms in total. The highest BCUT2D eigenvalue weighted by Gasteiger charge is 2.09. The summed E-state index contributed by atoms with van der Waals surface area (Å²) in [6.07, 6.45) is 1.85. The molecule has 2 rings (SSSR count). The van der Waals surface area contributed by atoms with E-state index in [9.17, 15) is 0 Å². The van der Waals surface area contributed by atoms with Crippen LogP contribution in [-0.4, -0.2) is 6.54 Å². The highest BCUT2D eigenvalue weighted by molar-refractivity contribution is 5.41. The molecule has 0 fully saturated rings. The van der Waals surface area contributed by atoms with E-state index in [2.05, 4.69) is 30.0 Å². The average Bonchev–Trinajstić information content (AvgIpc) is 2.71. The molecule has 1 heterocycles. The predicted octanol–water partition coefficient (Wildman–Crippen LogP) is 1.81. The molecule has 0 radical (unpaired) electrons. The van der Waals surface area contributed by atoms with E-state index < -0.39 is 0 Å². The molecule has 0 aromatic heterocycles. The maximum absolute atomic E-state index is 5.40. The number of hydrogen-bond donors (Lipinski definition) is 1. The molecule has 1 aromatic carbocycles. The third-order valence-corrected chi connectivity index (χ3v) is 2.46. The summed E-state index contributed by atoms with van der Waals surface area (Å²) in [5.74, 6) is 6.27. The fourth-order valence-electron chi connectivity index (χ4n) is 1.60. The average molecular weight is 201 g/mol. The minimum absolute atomic E-state index is 0.715. The molecule has 2 N–H and O–H groups in total. The minimum atomic E-state index is 0.715. The first-order valence-electron chi connectivity index (χ1n) is 5.28. The normalized spacial score (nSPS) is 13.1. The van der Waals surface area contributed by atoms with Crippen LogP contribution in [0, 0.1) is 11.8 Å². The molecule has 0 saturated carbocycles. The Balaban J connectivity index is 2.05. The molecule has 0 aliphatic carbocycles. The molecule has 2 heteroatoms. The van der Waals surface area contributed by atoms with E-state index in [1.165, 1.54) is 11.1 Å². The van der Waals surface area contributed by atoms with Gasteiger partial charge in [0.25, 0.3) is 0 Å². The van der Waals surface area contributed by atoms with Crippen molar-refractivity contribution in [2.24, 2.45) is 5.73 Å². The van der Waals surface area contributed by atoms with E-state index in [1.54, 1.807) is 0 Å². The number of fused-ring (bicyclic) bond motifs is 1. The van der Waals surface area contributed by atoms with Crippen LogP contribution in [0.5, 0.6) is 0 Å². The van der Waals surface area contributed by atoms with Crippen LogP contribution >= 0.6 is 0 Å². The largest absolute Gasteiger partial charge is 0.372 e. The van der Waals surface area contributed by atoms with Crippen molar-refractivity contribution in [2.45, 2.75) is 26.1 Å². The van der Waals surface area contributed by atoms with Gasteiger partial charge in [0.15, 0.2) is 0 Å². The van der Waals surface area contributed by atoms with E-state index in [1.807, 2.05) is 0 Å². The van der Waals surface area contributed by atoms with E-state index >= 15 is 0 Å². The summed E-state index contributed by atoms with van der Waals surface area (Å²) < 4.78 is 5.35. The summed E-state index contributed by atoms with van der Waals surface area (Å²) in [5, 5.41) is 0. The van der Waals surface area contributed by atoms with Gasteiger partial charge in [-0.15, -0.1) is 0 Å². The molecule has 0 saturated heterocycles. The van der Waals surface area contributed by atoms with Crippen molar-refractivity contribution < 1.29 is 4.74 Å².